The molecule has 0 aliphatic heterocycles. The van der Waals surface area contributed by atoms with Gasteiger partial charge in [0, 0.05) is 18.3 Å². The summed E-state index contributed by atoms with van der Waals surface area (Å²) >= 11 is 1.71. The van der Waals surface area contributed by atoms with Crippen LogP contribution in [-0.2, 0) is 6.54 Å². The molecule has 0 saturated carbocycles. The summed E-state index contributed by atoms with van der Waals surface area (Å²) < 4.78 is 5.93. The fourth-order valence-corrected chi connectivity index (χ4v) is 3.10. The second-order valence-electron chi connectivity index (χ2n) is 6.38. The van der Waals surface area contributed by atoms with Crippen LogP contribution in [0.5, 0.6) is 5.75 Å². The maximum absolute atomic E-state index is 5.93. The zero-order valence-corrected chi connectivity index (χ0v) is 19.2. The summed E-state index contributed by atoms with van der Waals surface area (Å²) in [5, 5.41) is 9.85. The molecule has 0 bridgehead atoms. The second-order valence-corrected chi connectivity index (χ2v) is 7.27. The molecule has 0 aliphatic carbocycles. The molecule has 0 amide bonds. The van der Waals surface area contributed by atoms with E-state index in [9.17, 15) is 0 Å². The third-order valence-electron chi connectivity index (χ3n) is 3.61. The van der Waals surface area contributed by atoms with E-state index < -0.39 is 0 Å². The van der Waals surface area contributed by atoms with Crippen LogP contribution in [-0.4, -0.2) is 30.6 Å². The number of nitrogens with one attached hydrogen (secondary N) is 2. The lowest BCUT2D eigenvalue weighted by Crippen LogP contribution is -2.41. The van der Waals surface area contributed by atoms with Crippen molar-refractivity contribution in [3.05, 3.63) is 45.9 Å². The van der Waals surface area contributed by atoms with Crippen LogP contribution in [0, 0.1) is 6.92 Å². The Morgan fingerprint density at radius 3 is 2.65 bits per heavy atom. The number of hydrogen-bond donors (Lipinski definition) is 2. The van der Waals surface area contributed by atoms with E-state index in [0.29, 0.717) is 19.0 Å². The molecule has 1 heterocycles. The molecule has 1 aromatic heterocycles. The fourth-order valence-electron chi connectivity index (χ4n) is 2.27. The molecule has 26 heavy (non-hydrogen) atoms. The highest BCUT2D eigenvalue weighted by atomic mass is 127. The molecule has 0 spiro atoms. The maximum Gasteiger partial charge on any atom is 0.191 e. The summed E-state index contributed by atoms with van der Waals surface area (Å²) in [5.41, 5.74) is 2.24. The molecule has 7 heteroatoms. The first-order chi connectivity index (χ1) is 12.0. The van der Waals surface area contributed by atoms with Crippen LogP contribution in [0.15, 0.2) is 34.6 Å². The van der Waals surface area contributed by atoms with Gasteiger partial charge in [0.15, 0.2) is 5.96 Å². The van der Waals surface area contributed by atoms with Crippen molar-refractivity contribution in [3.63, 3.8) is 0 Å². The highest BCUT2D eigenvalue weighted by Gasteiger charge is 2.08. The third-order valence-corrected chi connectivity index (χ3v) is 4.80. The van der Waals surface area contributed by atoms with Gasteiger partial charge in [0.1, 0.15) is 11.9 Å². The molecule has 2 aromatic rings. The minimum Gasteiger partial charge on any atom is -0.489 e. The first-order valence-electron chi connectivity index (χ1n) is 8.60. The van der Waals surface area contributed by atoms with E-state index in [1.54, 1.807) is 18.4 Å². The summed E-state index contributed by atoms with van der Waals surface area (Å²) in [7, 11) is 1.77. The Kier molecular flexibility index (Phi) is 9.93. The molecule has 0 fully saturated rings. The van der Waals surface area contributed by atoms with Gasteiger partial charge in [-0.2, -0.15) is 0 Å². The van der Waals surface area contributed by atoms with Crippen LogP contribution in [0.25, 0.3) is 0 Å². The number of aryl methyl sites for hydroxylation is 1. The predicted molar refractivity (Wildman–Crippen MR) is 121 cm³/mol. The predicted octanol–water partition coefficient (Wildman–Crippen LogP) is 4.33. The number of hydrogen-bond acceptors (Lipinski definition) is 4. The summed E-state index contributed by atoms with van der Waals surface area (Å²) in [6.45, 7) is 9.75. The van der Waals surface area contributed by atoms with Gasteiger partial charge in [0.05, 0.1) is 23.8 Å². The normalized spacial score (nSPS) is 12.5. The average molecular weight is 488 g/mol. The largest absolute Gasteiger partial charge is 0.489 e. The van der Waals surface area contributed by atoms with Crippen LogP contribution in [0.3, 0.4) is 0 Å². The minimum atomic E-state index is 0. The average Bonchev–Trinajstić information content (AvgIpc) is 3.04. The number of thiazole rings is 1. The fraction of sp³-hybridized carbons (Fsp3) is 0.474. The molecule has 1 atom stereocenters. The van der Waals surface area contributed by atoms with E-state index in [-0.39, 0.29) is 30.1 Å². The first-order valence-corrected chi connectivity index (χ1v) is 9.48. The lowest BCUT2D eigenvalue weighted by Gasteiger charge is -2.17. The molecular weight excluding hydrogens is 459 g/mol. The maximum atomic E-state index is 5.93. The van der Waals surface area contributed by atoms with Crippen molar-refractivity contribution < 1.29 is 4.74 Å². The number of aliphatic imine (C=N–C) groups is 1. The molecule has 0 aliphatic rings. The van der Waals surface area contributed by atoms with Gasteiger partial charge >= 0.3 is 0 Å². The standard InChI is InChI=1S/C19H28N4OS.HI/c1-13(2)18-23-16(12-25-18)11-22-19(20-5)21-10-15(4)24-17-8-6-7-14(3)9-17;/h6-9,12-13,15H,10-11H2,1-5H3,(H2,20,21,22);1H. The van der Waals surface area contributed by atoms with Gasteiger partial charge in [-0.25, -0.2) is 4.98 Å². The molecule has 1 aromatic carbocycles. The molecule has 2 rings (SSSR count). The molecule has 5 nitrogen and oxygen atoms in total. The van der Waals surface area contributed by atoms with E-state index in [2.05, 4.69) is 52.8 Å². The van der Waals surface area contributed by atoms with E-state index in [0.717, 1.165) is 17.4 Å². The number of ether oxygens (including phenoxy) is 1. The van der Waals surface area contributed by atoms with E-state index in [4.69, 9.17) is 4.74 Å². The van der Waals surface area contributed by atoms with Crippen LogP contribution in [0.2, 0.25) is 0 Å². The SMILES string of the molecule is CN=C(NCc1csc(C(C)C)n1)NCC(C)Oc1cccc(C)c1.I. The Labute approximate surface area is 177 Å². The smallest absolute Gasteiger partial charge is 0.191 e. The number of guanidine groups is 1. The monoisotopic (exact) mass is 488 g/mol. The molecule has 0 radical (unpaired) electrons. The van der Waals surface area contributed by atoms with Crippen molar-refractivity contribution in [2.24, 2.45) is 4.99 Å². The zero-order chi connectivity index (χ0) is 18.2. The summed E-state index contributed by atoms with van der Waals surface area (Å²) in [6.07, 6.45) is 0.0344. The molecule has 1 unspecified atom stereocenters. The van der Waals surface area contributed by atoms with Crippen LogP contribution in [0.4, 0.5) is 0 Å². The Balaban J connectivity index is 0.00000338. The van der Waals surface area contributed by atoms with Crippen molar-refractivity contribution >= 4 is 41.3 Å². The highest BCUT2D eigenvalue weighted by molar-refractivity contribution is 14.0. The Bertz CT molecular complexity index is 702. The number of benzene rings is 1. The third kappa shape index (κ3) is 7.49. The molecule has 0 saturated heterocycles. The minimum absolute atomic E-state index is 0. The quantitative estimate of drug-likeness (QED) is 0.346. The zero-order valence-electron chi connectivity index (χ0n) is 16.1. The Hall–Kier alpha value is -1.35. The molecule has 2 N–H and O–H groups in total. The topological polar surface area (TPSA) is 58.5 Å². The van der Waals surface area contributed by atoms with Crippen molar-refractivity contribution in [2.45, 2.75) is 46.3 Å². The lowest BCUT2D eigenvalue weighted by molar-refractivity contribution is 0.223. The second kappa shape index (κ2) is 11.4. The summed E-state index contributed by atoms with van der Waals surface area (Å²) in [6, 6.07) is 8.08. The van der Waals surface area contributed by atoms with Gasteiger partial charge < -0.3 is 15.4 Å². The van der Waals surface area contributed by atoms with Gasteiger partial charge in [0.25, 0.3) is 0 Å². The van der Waals surface area contributed by atoms with Gasteiger partial charge in [-0.1, -0.05) is 26.0 Å². The van der Waals surface area contributed by atoms with Gasteiger partial charge in [0.2, 0.25) is 0 Å². The van der Waals surface area contributed by atoms with Crippen molar-refractivity contribution in [2.75, 3.05) is 13.6 Å². The van der Waals surface area contributed by atoms with Gasteiger partial charge in [-0.3, -0.25) is 4.99 Å². The number of rotatable bonds is 7. The number of aromatic nitrogens is 1. The van der Waals surface area contributed by atoms with Gasteiger partial charge in [-0.05, 0) is 31.5 Å². The lowest BCUT2D eigenvalue weighted by atomic mass is 10.2. The van der Waals surface area contributed by atoms with E-state index >= 15 is 0 Å². The van der Waals surface area contributed by atoms with Crippen LogP contribution < -0.4 is 15.4 Å². The van der Waals surface area contributed by atoms with Crippen molar-refractivity contribution in [3.8, 4) is 5.75 Å². The van der Waals surface area contributed by atoms with Gasteiger partial charge in [-0.15, -0.1) is 35.3 Å². The molecule has 144 valence electrons. The Morgan fingerprint density at radius 1 is 1.27 bits per heavy atom. The summed E-state index contributed by atoms with van der Waals surface area (Å²) in [5.74, 6) is 2.11. The highest BCUT2D eigenvalue weighted by Crippen LogP contribution is 2.19. The van der Waals surface area contributed by atoms with Crippen LogP contribution in [0.1, 0.15) is 43.0 Å². The number of halogens is 1. The Morgan fingerprint density at radius 2 is 2.04 bits per heavy atom. The van der Waals surface area contributed by atoms with Crippen molar-refractivity contribution in [1.29, 1.82) is 0 Å². The summed E-state index contributed by atoms with van der Waals surface area (Å²) in [4.78, 5) is 8.88. The van der Waals surface area contributed by atoms with E-state index in [1.807, 2.05) is 25.1 Å². The molecular formula is C19H29IN4OS. The van der Waals surface area contributed by atoms with E-state index in [1.165, 1.54) is 10.6 Å². The first kappa shape index (κ1) is 22.7. The van der Waals surface area contributed by atoms with Crippen LogP contribution >= 0.6 is 35.3 Å². The number of nitrogens with zero attached hydrogens (tertiary/aromatic N) is 2. The van der Waals surface area contributed by atoms with Crippen molar-refractivity contribution in [1.82, 2.24) is 15.6 Å².